The van der Waals surface area contributed by atoms with Crippen molar-refractivity contribution in [3.05, 3.63) is 46.5 Å². The highest BCUT2D eigenvalue weighted by molar-refractivity contribution is 6.47. The molecule has 150 valence electrons. The Morgan fingerprint density at radius 3 is 2.50 bits per heavy atom. The highest BCUT2D eigenvalue weighted by atomic mass is 35.5. The summed E-state index contributed by atoms with van der Waals surface area (Å²) in [6.07, 6.45) is -1.58. The number of carbonyl (C=O) groups is 3. The highest BCUT2D eigenvalue weighted by Gasteiger charge is 2.59. The van der Waals surface area contributed by atoms with Crippen LogP contribution in [0.1, 0.15) is 45.3 Å². The predicted molar refractivity (Wildman–Crippen MR) is 102 cm³/mol. The Morgan fingerprint density at radius 1 is 1.25 bits per heavy atom. The quantitative estimate of drug-likeness (QED) is 0.714. The number of hydrogen-bond acceptors (Lipinski definition) is 6. The first-order chi connectivity index (χ1) is 13.1. The van der Waals surface area contributed by atoms with Crippen molar-refractivity contribution in [2.24, 2.45) is 0 Å². The average molecular weight is 407 g/mol. The molecule has 1 fully saturated rings. The van der Waals surface area contributed by atoms with Crippen LogP contribution in [0.5, 0.6) is 0 Å². The molecule has 0 amide bonds. The number of hydrogen-bond donors (Lipinski definition) is 0. The molecule has 1 saturated heterocycles. The third-order valence-corrected chi connectivity index (χ3v) is 5.83. The number of ketones is 2. The Balaban J connectivity index is 1.92. The monoisotopic (exact) mass is 406 g/mol. The molecule has 1 aliphatic carbocycles. The van der Waals surface area contributed by atoms with E-state index in [1.165, 1.54) is 14.0 Å². The van der Waals surface area contributed by atoms with Gasteiger partial charge in [0.2, 0.25) is 5.78 Å². The number of allylic oxidation sites excluding steroid dienone is 1. The van der Waals surface area contributed by atoms with E-state index in [-0.39, 0.29) is 29.2 Å². The lowest BCUT2D eigenvalue weighted by atomic mass is 9.80. The first kappa shape index (κ1) is 20.7. The molecular weight excluding hydrogens is 384 g/mol. The van der Waals surface area contributed by atoms with Crippen molar-refractivity contribution in [3.8, 4) is 0 Å². The van der Waals surface area contributed by atoms with Gasteiger partial charge in [-0.1, -0.05) is 41.9 Å². The molecule has 1 aromatic rings. The maximum Gasteiger partial charge on any atom is 0.339 e. The van der Waals surface area contributed by atoms with Crippen LogP contribution >= 0.6 is 11.6 Å². The minimum atomic E-state index is -1.38. The Kier molecular flexibility index (Phi) is 5.49. The zero-order valence-corrected chi connectivity index (χ0v) is 17.0. The third kappa shape index (κ3) is 3.52. The molecule has 1 aromatic carbocycles. The normalized spacial score (nSPS) is 28.0. The van der Waals surface area contributed by atoms with Crippen LogP contribution in [0.2, 0.25) is 0 Å². The molecule has 7 heteroatoms. The number of carbonyl (C=O) groups excluding carboxylic acids is 3. The van der Waals surface area contributed by atoms with Crippen LogP contribution in [0.25, 0.3) is 0 Å². The molecule has 0 unspecified atom stereocenters. The van der Waals surface area contributed by atoms with Gasteiger partial charge in [0.25, 0.3) is 0 Å². The second-order valence-corrected chi connectivity index (χ2v) is 8.09. The predicted octanol–water partition coefficient (Wildman–Crippen LogP) is 3.28. The summed E-state index contributed by atoms with van der Waals surface area (Å²) in [6.45, 7) is 5.07. The molecule has 3 atom stereocenters. The summed E-state index contributed by atoms with van der Waals surface area (Å²) in [5.74, 6) is -1.20. The first-order valence-electron chi connectivity index (χ1n) is 9.04. The van der Waals surface area contributed by atoms with E-state index in [4.69, 9.17) is 25.8 Å². The van der Waals surface area contributed by atoms with Gasteiger partial charge in [0.15, 0.2) is 11.9 Å². The van der Waals surface area contributed by atoms with Crippen LogP contribution < -0.4 is 0 Å². The first-order valence-corrected chi connectivity index (χ1v) is 9.42. The van der Waals surface area contributed by atoms with E-state index in [0.29, 0.717) is 5.56 Å². The summed E-state index contributed by atoms with van der Waals surface area (Å²) in [4.78, 5) is 37.6. The summed E-state index contributed by atoms with van der Waals surface area (Å²) in [6, 6.07) is 8.95. The molecule has 3 rings (SSSR count). The van der Waals surface area contributed by atoms with Gasteiger partial charge in [0.05, 0.1) is 23.8 Å². The van der Waals surface area contributed by atoms with Crippen LogP contribution in [0.15, 0.2) is 40.9 Å². The van der Waals surface area contributed by atoms with Gasteiger partial charge in [-0.15, -0.1) is 0 Å². The second-order valence-electron chi connectivity index (χ2n) is 7.71. The molecule has 1 spiro atoms. The van der Waals surface area contributed by atoms with Crippen molar-refractivity contribution in [3.63, 3.8) is 0 Å². The van der Waals surface area contributed by atoms with Crippen molar-refractivity contribution in [2.45, 2.75) is 57.0 Å². The molecule has 0 N–H and O–H groups in total. The number of halogens is 1. The molecule has 1 heterocycles. The fraction of sp³-hybridized carbons (Fsp3) is 0.476. The SMILES string of the molecule is COC(=O)[C@H](O[C@@H]1C[C@]2(CC(=O)C(C)=C(Cl)C2=O)OC1(C)C)c1ccccc1. The van der Waals surface area contributed by atoms with Crippen molar-refractivity contribution in [1.29, 1.82) is 0 Å². The van der Waals surface area contributed by atoms with E-state index in [0.717, 1.165) is 0 Å². The van der Waals surface area contributed by atoms with Gasteiger partial charge in [-0.05, 0) is 26.3 Å². The zero-order valence-electron chi connectivity index (χ0n) is 16.3. The molecule has 1 aliphatic heterocycles. The maximum absolute atomic E-state index is 12.9. The molecule has 0 radical (unpaired) electrons. The van der Waals surface area contributed by atoms with Crippen LogP contribution in [0, 0.1) is 0 Å². The van der Waals surface area contributed by atoms with Crippen LogP contribution in [0.3, 0.4) is 0 Å². The molecule has 0 bridgehead atoms. The molecule has 28 heavy (non-hydrogen) atoms. The molecule has 0 saturated carbocycles. The summed E-state index contributed by atoms with van der Waals surface area (Å²) in [5, 5.41) is -0.0970. The van der Waals surface area contributed by atoms with Crippen LogP contribution in [-0.4, -0.2) is 42.0 Å². The van der Waals surface area contributed by atoms with Gasteiger partial charge in [-0.3, -0.25) is 9.59 Å². The molecule has 2 aliphatic rings. The van der Waals surface area contributed by atoms with E-state index in [1.54, 1.807) is 38.1 Å². The highest BCUT2D eigenvalue weighted by Crippen LogP contribution is 2.47. The largest absolute Gasteiger partial charge is 0.467 e. The van der Waals surface area contributed by atoms with Gasteiger partial charge in [0.1, 0.15) is 5.60 Å². The van der Waals surface area contributed by atoms with Crippen molar-refractivity contribution >= 4 is 29.1 Å². The van der Waals surface area contributed by atoms with Crippen LogP contribution in [0.4, 0.5) is 0 Å². The third-order valence-electron chi connectivity index (χ3n) is 5.37. The van der Waals surface area contributed by atoms with E-state index in [9.17, 15) is 14.4 Å². The lowest BCUT2D eigenvalue weighted by Gasteiger charge is -2.32. The lowest BCUT2D eigenvalue weighted by Crippen LogP contribution is -2.46. The summed E-state index contributed by atoms with van der Waals surface area (Å²) in [5.41, 5.74) is -1.41. The summed E-state index contributed by atoms with van der Waals surface area (Å²) < 4.78 is 17.1. The Bertz CT molecular complexity index is 844. The molecular formula is C21H23ClO6. The average Bonchev–Trinajstić information content (AvgIpc) is 2.93. The summed E-state index contributed by atoms with van der Waals surface area (Å²) >= 11 is 6.11. The van der Waals surface area contributed by atoms with Crippen molar-refractivity contribution < 1.29 is 28.6 Å². The smallest absolute Gasteiger partial charge is 0.339 e. The van der Waals surface area contributed by atoms with Crippen LogP contribution in [-0.2, 0) is 28.6 Å². The van der Waals surface area contributed by atoms with Crippen molar-refractivity contribution in [1.82, 2.24) is 0 Å². The minimum Gasteiger partial charge on any atom is -0.467 e. The Morgan fingerprint density at radius 2 is 1.89 bits per heavy atom. The lowest BCUT2D eigenvalue weighted by molar-refractivity contribution is -0.169. The number of ether oxygens (including phenoxy) is 3. The van der Waals surface area contributed by atoms with E-state index >= 15 is 0 Å². The Hall–Kier alpha value is -2.02. The fourth-order valence-electron chi connectivity index (χ4n) is 3.75. The number of benzene rings is 1. The van der Waals surface area contributed by atoms with E-state index in [1.807, 2.05) is 6.07 Å². The van der Waals surface area contributed by atoms with Gasteiger partial charge in [-0.25, -0.2) is 4.79 Å². The van der Waals surface area contributed by atoms with Gasteiger partial charge in [-0.2, -0.15) is 0 Å². The minimum absolute atomic E-state index is 0.0919. The van der Waals surface area contributed by atoms with E-state index < -0.39 is 35.2 Å². The summed E-state index contributed by atoms with van der Waals surface area (Å²) in [7, 11) is 1.29. The number of rotatable bonds is 4. The maximum atomic E-state index is 12.9. The fourth-order valence-corrected chi connectivity index (χ4v) is 4.03. The Labute approximate surface area is 168 Å². The van der Waals surface area contributed by atoms with Gasteiger partial charge < -0.3 is 14.2 Å². The number of esters is 1. The number of methoxy groups -OCH3 is 1. The number of Topliss-reactive ketones (excluding diaryl/α,β-unsaturated/α-hetero) is 2. The zero-order chi connectivity index (χ0) is 20.7. The topological polar surface area (TPSA) is 78.9 Å². The molecule has 6 nitrogen and oxygen atoms in total. The van der Waals surface area contributed by atoms with E-state index in [2.05, 4.69) is 0 Å². The second kappa shape index (κ2) is 7.43. The van der Waals surface area contributed by atoms with Gasteiger partial charge >= 0.3 is 5.97 Å². The van der Waals surface area contributed by atoms with Gasteiger partial charge in [0, 0.05) is 18.4 Å². The molecule has 0 aromatic heterocycles. The van der Waals surface area contributed by atoms with Crippen molar-refractivity contribution in [2.75, 3.05) is 7.11 Å². The standard InChI is InChI=1S/C21H23ClO6/c1-12-14(23)10-21(18(24)16(12)22)11-15(20(2,3)28-21)27-17(19(25)26-4)13-8-6-5-7-9-13/h5-9,15,17H,10-11H2,1-4H3/t15-,17-,21+/m1/s1.